The quantitative estimate of drug-likeness (QED) is 0.511. The lowest BCUT2D eigenvalue weighted by Crippen LogP contribution is -2.38. The van der Waals surface area contributed by atoms with Gasteiger partial charge in [0.2, 0.25) is 11.8 Å². The summed E-state index contributed by atoms with van der Waals surface area (Å²) in [6, 6.07) is 20.8. The summed E-state index contributed by atoms with van der Waals surface area (Å²) in [5.41, 5.74) is 3.32. The van der Waals surface area contributed by atoms with Gasteiger partial charge in [0, 0.05) is 27.3 Å². The van der Waals surface area contributed by atoms with Crippen molar-refractivity contribution in [3.05, 3.63) is 82.9 Å². The molecule has 1 aliphatic rings. The van der Waals surface area contributed by atoms with Crippen molar-refractivity contribution in [2.45, 2.75) is 23.5 Å². The van der Waals surface area contributed by atoms with Gasteiger partial charge in [-0.1, -0.05) is 41.9 Å². The van der Waals surface area contributed by atoms with Crippen molar-refractivity contribution in [2.24, 2.45) is 0 Å². The molecule has 4 rings (SSSR count). The third kappa shape index (κ3) is 4.92. The minimum atomic E-state index is -0.277. The maximum Gasteiger partial charge on any atom is 0.244 e. The monoisotopic (exact) mass is 466 g/mol. The van der Waals surface area contributed by atoms with E-state index in [1.54, 1.807) is 35.9 Å². The second-order valence-corrected chi connectivity index (χ2v) is 9.20. The van der Waals surface area contributed by atoms with E-state index in [1.807, 2.05) is 61.5 Å². The number of para-hydroxylation sites is 1. The lowest BCUT2D eigenvalue weighted by atomic mass is 10.1. The van der Waals surface area contributed by atoms with Crippen LogP contribution in [-0.2, 0) is 9.59 Å². The van der Waals surface area contributed by atoms with Crippen LogP contribution in [0.2, 0.25) is 5.02 Å². The van der Waals surface area contributed by atoms with E-state index in [0.29, 0.717) is 10.7 Å². The van der Waals surface area contributed by atoms with Crippen LogP contribution in [0.3, 0.4) is 0 Å². The number of nitrogens with zero attached hydrogens (tertiary/aromatic N) is 1. The van der Waals surface area contributed by atoms with Crippen LogP contribution < -0.4 is 15.0 Å². The molecule has 0 spiro atoms. The average molecular weight is 467 g/mol. The third-order valence-electron chi connectivity index (χ3n) is 5.33. The van der Waals surface area contributed by atoms with E-state index in [0.717, 1.165) is 27.5 Å². The Morgan fingerprint density at radius 3 is 2.62 bits per heavy atom. The van der Waals surface area contributed by atoms with E-state index in [4.69, 9.17) is 16.3 Å². The molecule has 0 fully saturated rings. The van der Waals surface area contributed by atoms with Crippen LogP contribution in [-0.4, -0.2) is 25.5 Å². The van der Waals surface area contributed by atoms with E-state index >= 15 is 0 Å². The molecular formula is C25H23ClN2O3S. The first kappa shape index (κ1) is 22.2. The maximum atomic E-state index is 13.3. The lowest BCUT2D eigenvalue weighted by molar-refractivity contribution is -0.121. The molecule has 2 amide bonds. The fourth-order valence-corrected chi connectivity index (χ4v) is 5.03. The second kappa shape index (κ2) is 9.67. The van der Waals surface area contributed by atoms with Gasteiger partial charge in [-0.2, -0.15) is 0 Å². The summed E-state index contributed by atoms with van der Waals surface area (Å²) in [5.74, 6) is 0.398. The van der Waals surface area contributed by atoms with Gasteiger partial charge in [-0.25, -0.2) is 0 Å². The van der Waals surface area contributed by atoms with E-state index in [2.05, 4.69) is 5.32 Å². The molecule has 5 nitrogen and oxygen atoms in total. The molecule has 3 aromatic rings. The number of fused-ring (bicyclic) bond motifs is 1. The SMILES string of the molecule is COc1ccc(C2CC(=O)N(CC(=O)Nc3ccc(C)c(Cl)c3)c3ccccc3S2)cc1. The van der Waals surface area contributed by atoms with Crippen molar-refractivity contribution < 1.29 is 14.3 Å². The predicted octanol–water partition coefficient (Wildman–Crippen LogP) is 5.87. The third-order valence-corrected chi connectivity index (χ3v) is 7.06. The van der Waals surface area contributed by atoms with Crippen molar-refractivity contribution in [1.82, 2.24) is 0 Å². The Kier molecular flexibility index (Phi) is 6.72. The van der Waals surface area contributed by atoms with Gasteiger partial charge in [0.1, 0.15) is 12.3 Å². The Bertz CT molecular complexity index is 1150. The van der Waals surface area contributed by atoms with Gasteiger partial charge in [0.05, 0.1) is 12.8 Å². The lowest BCUT2D eigenvalue weighted by Gasteiger charge is -2.22. The van der Waals surface area contributed by atoms with Crippen molar-refractivity contribution in [3.8, 4) is 5.75 Å². The maximum absolute atomic E-state index is 13.3. The Labute approximate surface area is 196 Å². The van der Waals surface area contributed by atoms with Gasteiger partial charge in [0.25, 0.3) is 0 Å². The number of thioether (sulfide) groups is 1. The molecule has 1 N–H and O–H groups in total. The minimum absolute atomic E-state index is 0.0569. The number of amides is 2. The highest BCUT2D eigenvalue weighted by molar-refractivity contribution is 7.99. The number of hydrogen-bond acceptors (Lipinski definition) is 4. The molecule has 1 unspecified atom stereocenters. The first-order chi connectivity index (χ1) is 15.4. The topological polar surface area (TPSA) is 58.6 Å². The molecule has 0 saturated heterocycles. The number of carbonyl (C=O) groups excluding carboxylic acids is 2. The van der Waals surface area contributed by atoms with Crippen LogP contribution in [0.5, 0.6) is 5.75 Å². The van der Waals surface area contributed by atoms with Crippen LogP contribution in [0.1, 0.15) is 22.8 Å². The number of carbonyl (C=O) groups is 2. The molecular weight excluding hydrogens is 444 g/mol. The molecule has 0 aliphatic carbocycles. The molecule has 0 aromatic heterocycles. The van der Waals surface area contributed by atoms with Crippen LogP contribution in [0.15, 0.2) is 71.6 Å². The number of benzene rings is 3. The molecule has 164 valence electrons. The highest BCUT2D eigenvalue weighted by Gasteiger charge is 2.30. The summed E-state index contributed by atoms with van der Waals surface area (Å²) in [6.07, 6.45) is 0.287. The van der Waals surface area contributed by atoms with Gasteiger partial charge in [-0.3, -0.25) is 9.59 Å². The number of nitrogens with one attached hydrogen (secondary N) is 1. The van der Waals surface area contributed by atoms with E-state index < -0.39 is 0 Å². The molecule has 7 heteroatoms. The predicted molar refractivity (Wildman–Crippen MR) is 130 cm³/mol. The van der Waals surface area contributed by atoms with Crippen molar-refractivity contribution in [3.63, 3.8) is 0 Å². The molecule has 1 atom stereocenters. The van der Waals surface area contributed by atoms with Crippen LogP contribution in [0, 0.1) is 6.92 Å². The highest BCUT2D eigenvalue weighted by Crippen LogP contribution is 2.45. The van der Waals surface area contributed by atoms with Gasteiger partial charge >= 0.3 is 0 Å². The van der Waals surface area contributed by atoms with Gasteiger partial charge in [0.15, 0.2) is 0 Å². The summed E-state index contributed by atoms with van der Waals surface area (Å²) in [7, 11) is 1.63. The number of rotatable bonds is 5. The Morgan fingerprint density at radius 2 is 1.91 bits per heavy atom. The van der Waals surface area contributed by atoms with Crippen molar-refractivity contribution >= 4 is 46.6 Å². The molecule has 3 aromatic carbocycles. The Balaban J connectivity index is 1.56. The number of anilines is 2. The number of halogens is 1. The van der Waals surface area contributed by atoms with Gasteiger partial charge in [-0.15, -0.1) is 11.8 Å². The number of ether oxygens (including phenoxy) is 1. The molecule has 1 aliphatic heterocycles. The minimum Gasteiger partial charge on any atom is -0.497 e. The van der Waals surface area contributed by atoms with Gasteiger partial charge in [-0.05, 0) is 54.4 Å². The zero-order valence-electron chi connectivity index (χ0n) is 17.8. The molecule has 32 heavy (non-hydrogen) atoms. The van der Waals surface area contributed by atoms with Crippen LogP contribution in [0.25, 0.3) is 0 Å². The summed E-state index contributed by atoms with van der Waals surface area (Å²) in [6.45, 7) is 1.83. The largest absolute Gasteiger partial charge is 0.497 e. The standard InChI is InChI=1S/C25H23ClN2O3S/c1-16-7-10-18(13-20(16)26)27-24(29)15-28-21-5-3-4-6-22(21)32-23(14-25(28)30)17-8-11-19(31-2)12-9-17/h3-13,23H,14-15H2,1-2H3,(H,27,29). The normalized spacial score (nSPS) is 15.7. The Hall–Kier alpha value is -2.96. The second-order valence-electron chi connectivity index (χ2n) is 7.54. The molecule has 0 saturated carbocycles. The zero-order chi connectivity index (χ0) is 22.7. The van der Waals surface area contributed by atoms with Gasteiger partial charge < -0.3 is 15.0 Å². The summed E-state index contributed by atoms with van der Waals surface area (Å²) in [4.78, 5) is 28.6. The first-order valence-electron chi connectivity index (χ1n) is 10.2. The van der Waals surface area contributed by atoms with E-state index in [1.165, 1.54) is 0 Å². The average Bonchev–Trinajstić information content (AvgIpc) is 2.93. The molecule has 0 radical (unpaired) electrons. The fourth-order valence-electron chi connectivity index (χ4n) is 3.57. The Morgan fingerprint density at radius 1 is 1.16 bits per heavy atom. The van der Waals surface area contributed by atoms with Crippen LogP contribution in [0.4, 0.5) is 11.4 Å². The summed E-state index contributed by atoms with van der Waals surface area (Å²) >= 11 is 7.80. The summed E-state index contributed by atoms with van der Waals surface area (Å²) in [5, 5.41) is 3.37. The van der Waals surface area contributed by atoms with Crippen LogP contribution >= 0.6 is 23.4 Å². The van der Waals surface area contributed by atoms with E-state index in [9.17, 15) is 9.59 Å². The number of methoxy groups -OCH3 is 1. The highest BCUT2D eigenvalue weighted by atomic mass is 35.5. The first-order valence-corrected chi connectivity index (χ1v) is 11.5. The fraction of sp³-hybridized carbons (Fsp3) is 0.200. The summed E-state index contributed by atoms with van der Waals surface area (Å²) < 4.78 is 5.25. The number of aryl methyl sites for hydroxylation is 1. The van der Waals surface area contributed by atoms with Crippen molar-refractivity contribution in [2.75, 3.05) is 23.9 Å². The van der Waals surface area contributed by atoms with E-state index in [-0.39, 0.29) is 30.0 Å². The molecule has 1 heterocycles. The number of hydrogen-bond donors (Lipinski definition) is 1. The van der Waals surface area contributed by atoms with Crippen molar-refractivity contribution in [1.29, 1.82) is 0 Å². The zero-order valence-corrected chi connectivity index (χ0v) is 19.4. The smallest absolute Gasteiger partial charge is 0.244 e. The molecule has 0 bridgehead atoms.